The van der Waals surface area contributed by atoms with E-state index in [1.165, 1.54) is 5.56 Å². The van der Waals surface area contributed by atoms with Gasteiger partial charge in [0.05, 0.1) is 17.7 Å². The van der Waals surface area contributed by atoms with Gasteiger partial charge in [-0.1, -0.05) is 74.0 Å². The molecule has 0 amide bonds. The highest BCUT2D eigenvalue weighted by Crippen LogP contribution is 2.53. The zero-order valence-corrected chi connectivity index (χ0v) is 24.9. The van der Waals surface area contributed by atoms with Crippen LogP contribution in [0.15, 0.2) is 66.7 Å². The van der Waals surface area contributed by atoms with E-state index in [9.17, 15) is 15.0 Å². The van der Waals surface area contributed by atoms with Gasteiger partial charge >= 0.3 is 5.97 Å². The summed E-state index contributed by atoms with van der Waals surface area (Å²) in [4.78, 5) is 16.3. The first-order chi connectivity index (χ1) is 19.2. The van der Waals surface area contributed by atoms with Crippen molar-refractivity contribution < 1.29 is 15.0 Å². The number of carboxylic acid groups (broad SMARTS) is 1. The van der Waals surface area contributed by atoms with Crippen LogP contribution in [0.5, 0.6) is 0 Å². The molecular formula is C35H43NO3S. The number of thioether (sulfide) groups is 1. The van der Waals surface area contributed by atoms with Crippen LogP contribution < -0.4 is 0 Å². The number of benzene rings is 2. The van der Waals surface area contributed by atoms with Crippen LogP contribution in [0.1, 0.15) is 98.2 Å². The van der Waals surface area contributed by atoms with Crippen LogP contribution in [-0.2, 0) is 23.2 Å². The first-order valence-electron chi connectivity index (χ1n) is 14.6. The van der Waals surface area contributed by atoms with Crippen molar-refractivity contribution in [1.29, 1.82) is 0 Å². The second-order valence-corrected chi connectivity index (χ2v) is 13.0. The lowest BCUT2D eigenvalue weighted by molar-refractivity contribution is -0.138. The van der Waals surface area contributed by atoms with Crippen molar-refractivity contribution in [2.75, 3.05) is 5.75 Å². The minimum Gasteiger partial charge on any atom is -0.481 e. The predicted octanol–water partition coefficient (Wildman–Crippen LogP) is 8.48. The Bertz CT molecular complexity index is 1310. The van der Waals surface area contributed by atoms with E-state index in [1.54, 1.807) is 0 Å². The van der Waals surface area contributed by atoms with Crippen LogP contribution in [0, 0.1) is 5.41 Å². The molecule has 2 aromatic carbocycles. The zero-order chi connectivity index (χ0) is 28.6. The standard InChI is InChI=1S/C35H43NO3S/c1-4-5-13-29-14-9-15-30(36-29)19-17-26-10-8-12-28(23-26)32(40-25-35(21-22-35)24-33(37)38)20-18-27-11-6-7-16-31(27)34(2,3)39/h6-12,14-17,19,23,32,39H,4-5,13,18,20-22,24-25H2,1-3H3,(H,37,38). The third-order valence-corrected chi connectivity index (χ3v) is 9.46. The molecule has 212 valence electrons. The second-order valence-electron chi connectivity index (χ2n) is 11.8. The molecule has 0 aliphatic heterocycles. The SMILES string of the molecule is CCCCc1cccc(C=Cc2cccc(C(CCc3ccccc3C(C)(C)O)SCC3(CC(=O)O)CC3)c2)n1. The molecule has 2 N–H and O–H groups in total. The molecule has 1 unspecified atom stereocenters. The Morgan fingerprint density at radius 1 is 1.05 bits per heavy atom. The Hall–Kier alpha value is -2.89. The molecule has 5 heteroatoms. The van der Waals surface area contributed by atoms with Gasteiger partial charge in [-0.3, -0.25) is 9.78 Å². The normalized spacial score (nSPS) is 15.3. The van der Waals surface area contributed by atoms with Crippen molar-refractivity contribution in [3.8, 4) is 0 Å². The quantitative estimate of drug-likeness (QED) is 0.196. The number of hydrogen-bond donors (Lipinski definition) is 2. The summed E-state index contributed by atoms with van der Waals surface area (Å²) in [6.45, 7) is 5.88. The monoisotopic (exact) mass is 557 g/mol. The van der Waals surface area contributed by atoms with Gasteiger partial charge in [-0.05, 0) is 98.2 Å². The number of pyridine rings is 1. The van der Waals surface area contributed by atoms with Crippen molar-refractivity contribution >= 4 is 29.9 Å². The summed E-state index contributed by atoms with van der Waals surface area (Å²) in [5, 5.41) is 20.4. The van der Waals surface area contributed by atoms with E-state index < -0.39 is 11.6 Å². The summed E-state index contributed by atoms with van der Waals surface area (Å²) in [5.74, 6) is 0.152. The number of hydrogen-bond acceptors (Lipinski definition) is 4. The molecule has 1 saturated carbocycles. The van der Waals surface area contributed by atoms with Crippen LogP contribution in [0.4, 0.5) is 0 Å². The van der Waals surface area contributed by atoms with Crippen molar-refractivity contribution in [3.63, 3.8) is 0 Å². The maximum absolute atomic E-state index is 11.5. The first-order valence-corrected chi connectivity index (χ1v) is 15.6. The fourth-order valence-electron chi connectivity index (χ4n) is 5.25. The number of aromatic nitrogens is 1. The largest absolute Gasteiger partial charge is 0.481 e. The fraction of sp³-hybridized carbons (Fsp3) is 0.429. The van der Waals surface area contributed by atoms with E-state index in [1.807, 2.05) is 49.9 Å². The lowest BCUT2D eigenvalue weighted by Crippen LogP contribution is -2.18. The van der Waals surface area contributed by atoms with Gasteiger partial charge in [-0.15, -0.1) is 0 Å². The summed E-state index contributed by atoms with van der Waals surface area (Å²) in [6, 6.07) is 23.1. The number of nitrogens with zero attached hydrogens (tertiary/aromatic N) is 1. The highest BCUT2D eigenvalue weighted by Gasteiger charge is 2.44. The highest BCUT2D eigenvalue weighted by atomic mass is 32.2. The number of aryl methyl sites for hydroxylation is 2. The third-order valence-electron chi connectivity index (χ3n) is 7.77. The van der Waals surface area contributed by atoms with Crippen molar-refractivity contribution in [1.82, 2.24) is 4.98 Å². The smallest absolute Gasteiger partial charge is 0.303 e. The Balaban J connectivity index is 1.53. The second kappa shape index (κ2) is 13.6. The predicted molar refractivity (Wildman–Crippen MR) is 167 cm³/mol. The van der Waals surface area contributed by atoms with E-state index in [4.69, 9.17) is 4.98 Å². The average Bonchev–Trinajstić information content (AvgIpc) is 3.69. The molecular weight excluding hydrogens is 514 g/mol. The van der Waals surface area contributed by atoms with E-state index in [2.05, 4.69) is 61.5 Å². The number of carboxylic acids is 1. The van der Waals surface area contributed by atoms with Crippen LogP contribution in [0.25, 0.3) is 12.2 Å². The molecule has 0 radical (unpaired) electrons. The molecule has 1 fully saturated rings. The molecule has 0 spiro atoms. The molecule has 1 aromatic heterocycles. The number of unbranched alkanes of at least 4 members (excludes halogenated alkanes) is 1. The van der Waals surface area contributed by atoms with Gasteiger partial charge in [0.1, 0.15) is 0 Å². The van der Waals surface area contributed by atoms with Gasteiger partial charge in [-0.2, -0.15) is 11.8 Å². The van der Waals surface area contributed by atoms with E-state index in [-0.39, 0.29) is 17.1 Å². The molecule has 1 aliphatic carbocycles. The Morgan fingerprint density at radius 2 is 1.82 bits per heavy atom. The Morgan fingerprint density at radius 3 is 2.55 bits per heavy atom. The average molecular weight is 558 g/mol. The zero-order valence-electron chi connectivity index (χ0n) is 24.1. The van der Waals surface area contributed by atoms with E-state index in [0.29, 0.717) is 0 Å². The lowest BCUT2D eigenvalue weighted by Gasteiger charge is -2.24. The molecule has 0 saturated heterocycles. The molecule has 3 aromatic rings. The van der Waals surface area contributed by atoms with E-state index >= 15 is 0 Å². The van der Waals surface area contributed by atoms with Gasteiger partial charge in [-0.25, -0.2) is 0 Å². The van der Waals surface area contributed by atoms with Crippen LogP contribution >= 0.6 is 11.8 Å². The Labute approximate surface area is 244 Å². The first kappa shape index (κ1) is 30.1. The summed E-state index contributed by atoms with van der Waals surface area (Å²) < 4.78 is 0. The topological polar surface area (TPSA) is 70.4 Å². The van der Waals surface area contributed by atoms with Gasteiger partial charge in [0.15, 0.2) is 0 Å². The summed E-state index contributed by atoms with van der Waals surface area (Å²) >= 11 is 1.89. The molecule has 1 atom stereocenters. The molecule has 0 bridgehead atoms. The fourth-order valence-corrected chi connectivity index (χ4v) is 6.82. The Kier molecular flexibility index (Phi) is 10.3. The maximum Gasteiger partial charge on any atom is 0.303 e. The van der Waals surface area contributed by atoms with Crippen molar-refractivity contribution in [3.05, 3.63) is 100 Å². The summed E-state index contributed by atoms with van der Waals surface area (Å²) in [6.07, 6.45) is 11.5. The molecule has 4 nitrogen and oxygen atoms in total. The number of aliphatic hydroxyl groups is 1. The minimum atomic E-state index is -0.897. The highest BCUT2D eigenvalue weighted by molar-refractivity contribution is 7.99. The van der Waals surface area contributed by atoms with Gasteiger partial charge < -0.3 is 10.2 Å². The molecule has 40 heavy (non-hydrogen) atoms. The van der Waals surface area contributed by atoms with Crippen LogP contribution in [0.2, 0.25) is 0 Å². The van der Waals surface area contributed by atoms with Crippen LogP contribution in [0.3, 0.4) is 0 Å². The van der Waals surface area contributed by atoms with Crippen molar-refractivity contribution in [2.45, 2.75) is 83.0 Å². The van der Waals surface area contributed by atoms with Crippen molar-refractivity contribution in [2.24, 2.45) is 5.41 Å². The number of carbonyl (C=O) groups is 1. The van der Waals surface area contributed by atoms with E-state index in [0.717, 1.165) is 78.8 Å². The number of rotatable bonds is 15. The third kappa shape index (κ3) is 8.81. The number of aliphatic carboxylic acids is 1. The van der Waals surface area contributed by atoms with Gasteiger partial charge in [0.2, 0.25) is 0 Å². The van der Waals surface area contributed by atoms with Gasteiger partial charge in [0.25, 0.3) is 0 Å². The molecule has 4 rings (SSSR count). The molecule has 1 aliphatic rings. The summed E-state index contributed by atoms with van der Waals surface area (Å²) in [7, 11) is 0. The van der Waals surface area contributed by atoms with Gasteiger partial charge in [0, 0.05) is 16.7 Å². The summed E-state index contributed by atoms with van der Waals surface area (Å²) in [5.41, 5.74) is 5.66. The molecule has 1 heterocycles. The minimum absolute atomic E-state index is 0.0638. The maximum atomic E-state index is 11.5. The lowest BCUT2D eigenvalue weighted by atomic mass is 9.90. The van der Waals surface area contributed by atoms with Crippen LogP contribution in [-0.4, -0.2) is 26.9 Å².